The average molecular weight is 655 g/mol. The van der Waals surface area contributed by atoms with Crippen molar-refractivity contribution in [2.75, 3.05) is 16.8 Å². The van der Waals surface area contributed by atoms with Crippen LogP contribution in [0.15, 0.2) is 109 Å². The number of anilines is 2. The van der Waals surface area contributed by atoms with Gasteiger partial charge in [-0.05, 0) is 98.5 Å². The van der Waals surface area contributed by atoms with E-state index in [0.717, 1.165) is 33.3 Å². The first-order valence-corrected chi connectivity index (χ1v) is 16.6. The lowest BCUT2D eigenvalue weighted by atomic mass is 9.94. The van der Waals surface area contributed by atoms with Crippen molar-refractivity contribution < 1.29 is 19.1 Å². The molecule has 240 valence electrons. The summed E-state index contributed by atoms with van der Waals surface area (Å²) >= 11 is 1.45. The first kappa shape index (κ1) is 31.1. The number of rotatable bonds is 7. The van der Waals surface area contributed by atoms with E-state index < -0.39 is 11.6 Å². The Kier molecular flexibility index (Phi) is 8.37. The van der Waals surface area contributed by atoms with Crippen molar-refractivity contribution in [3.05, 3.63) is 132 Å². The Labute approximate surface area is 283 Å². The van der Waals surface area contributed by atoms with E-state index in [1.54, 1.807) is 0 Å². The second kappa shape index (κ2) is 12.9. The number of fused-ring (bicyclic) bond motifs is 2. The van der Waals surface area contributed by atoms with Gasteiger partial charge in [-0.25, -0.2) is 14.8 Å². The third-order valence-corrected chi connectivity index (χ3v) is 8.90. The van der Waals surface area contributed by atoms with Crippen molar-refractivity contribution in [2.45, 2.75) is 39.3 Å². The van der Waals surface area contributed by atoms with Gasteiger partial charge in [-0.1, -0.05) is 65.9 Å². The number of carbonyl (C=O) groups excluding carboxylic acids is 2. The summed E-state index contributed by atoms with van der Waals surface area (Å²) in [6.07, 6.45) is 0.724. The van der Waals surface area contributed by atoms with Crippen LogP contribution in [0.3, 0.4) is 0 Å². The van der Waals surface area contributed by atoms with Crippen molar-refractivity contribution in [3.63, 3.8) is 0 Å². The Bertz CT molecular complexity index is 2110. The smallest absolute Gasteiger partial charge is 0.358 e. The molecule has 0 saturated carbocycles. The predicted molar refractivity (Wildman–Crippen MR) is 190 cm³/mol. The number of hydrogen-bond donors (Lipinski definition) is 1. The minimum atomic E-state index is -0.708. The number of nitrogens with zero attached hydrogens (tertiary/aromatic N) is 3. The van der Waals surface area contributed by atoms with Gasteiger partial charge in [0.1, 0.15) is 22.9 Å². The summed E-state index contributed by atoms with van der Waals surface area (Å²) in [4.78, 5) is 38.8. The Morgan fingerprint density at radius 1 is 0.833 bits per heavy atom. The molecule has 4 aromatic carbocycles. The van der Waals surface area contributed by atoms with E-state index in [4.69, 9.17) is 14.5 Å². The Morgan fingerprint density at radius 2 is 1.60 bits per heavy atom. The Balaban J connectivity index is 1.19. The van der Waals surface area contributed by atoms with Crippen LogP contribution in [0.4, 0.5) is 10.9 Å². The maximum Gasteiger partial charge on any atom is 0.358 e. The molecule has 7 rings (SSSR count). The third kappa shape index (κ3) is 6.77. The zero-order valence-electron chi connectivity index (χ0n) is 26.9. The monoisotopic (exact) mass is 654 g/mol. The van der Waals surface area contributed by atoms with Crippen molar-refractivity contribution in [3.8, 4) is 22.6 Å². The highest BCUT2D eigenvalue weighted by molar-refractivity contribution is 7.22. The van der Waals surface area contributed by atoms with Crippen LogP contribution in [-0.4, -0.2) is 34.0 Å². The number of nitrogens with one attached hydrogen (secondary N) is 1. The molecule has 0 fully saturated rings. The summed E-state index contributed by atoms with van der Waals surface area (Å²) in [7, 11) is 0. The number of pyridine rings is 1. The maximum absolute atomic E-state index is 13.7. The van der Waals surface area contributed by atoms with E-state index in [0.29, 0.717) is 46.7 Å². The largest absolute Gasteiger partial charge is 0.457 e. The van der Waals surface area contributed by atoms with Crippen molar-refractivity contribution >= 4 is 44.4 Å². The first-order chi connectivity index (χ1) is 23.2. The average Bonchev–Trinajstić information content (AvgIpc) is 3.49. The van der Waals surface area contributed by atoms with Gasteiger partial charge in [0.15, 0.2) is 10.8 Å². The van der Waals surface area contributed by atoms with Gasteiger partial charge in [-0.15, -0.1) is 0 Å². The fourth-order valence-electron chi connectivity index (χ4n) is 5.77. The van der Waals surface area contributed by atoms with Crippen LogP contribution in [0.5, 0.6) is 11.5 Å². The standard InChI is InChI=1S/C39H34N4O4S/c1-39(2,3)47-37(45)35-29(26-12-9-15-28(23-26)46-27-13-5-4-6-14-27)19-20-34(41-35)43-22-21-25-11-10-16-30(31(25)24-43)36(44)42-38-40-32-17-7-8-18-33(32)48-38/h4-20,23H,21-22,24H2,1-3H3,(H,40,42,44). The number of ether oxygens (including phenoxy) is 2. The van der Waals surface area contributed by atoms with E-state index in [1.807, 2.05) is 124 Å². The molecule has 6 aromatic rings. The molecule has 8 nitrogen and oxygen atoms in total. The van der Waals surface area contributed by atoms with Gasteiger partial charge in [0.05, 0.1) is 10.2 Å². The van der Waals surface area contributed by atoms with E-state index in [2.05, 4.69) is 21.3 Å². The lowest BCUT2D eigenvalue weighted by Gasteiger charge is -2.31. The van der Waals surface area contributed by atoms with E-state index in [9.17, 15) is 9.59 Å². The zero-order valence-corrected chi connectivity index (χ0v) is 27.7. The van der Waals surface area contributed by atoms with Gasteiger partial charge in [-0.2, -0.15) is 0 Å². The molecule has 0 saturated heterocycles. The summed E-state index contributed by atoms with van der Waals surface area (Å²) in [5.74, 6) is 1.27. The molecule has 0 atom stereocenters. The second-order valence-electron chi connectivity index (χ2n) is 12.6. The summed E-state index contributed by atoms with van der Waals surface area (Å²) in [5, 5.41) is 3.57. The molecule has 9 heteroatoms. The molecule has 1 aliphatic heterocycles. The highest BCUT2D eigenvalue weighted by Crippen LogP contribution is 2.33. The van der Waals surface area contributed by atoms with Crippen molar-refractivity contribution in [1.82, 2.24) is 9.97 Å². The maximum atomic E-state index is 13.7. The lowest BCUT2D eigenvalue weighted by Crippen LogP contribution is -2.33. The Hall–Kier alpha value is -5.54. The van der Waals surface area contributed by atoms with Gasteiger partial charge in [-0.3, -0.25) is 10.1 Å². The van der Waals surface area contributed by atoms with Gasteiger partial charge in [0.2, 0.25) is 0 Å². The number of hydrogen-bond acceptors (Lipinski definition) is 8. The summed E-state index contributed by atoms with van der Waals surface area (Å²) in [6.45, 7) is 6.65. The van der Waals surface area contributed by atoms with E-state index >= 15 is 0 Å². The molecule has 48 heavy (non-hydrogen) atoms. The van der Waals surface area contributed by atoms with Gasteiger partial charge in [0, 0.05) is 24.2 Å². The second-order valence-corrected chi connectivity index (χ2v) is 13.6. The number of aromatic nitrogens is 2. The molecule has 0 radical (unpaired) electrons. The normalized spacial score (nSPS) is 12.8. The van der Waals surface area contributed by atoms with Gasteiger partial charge < -0.3 is 14.4 Å². The molecule has 1 amide bonds. The van der Waals surface area contributed by atoms with Gasteiger partial charge >= 0.3 is 5.97 Å². The molecular weight excluding hydrogens is 621 g/mol. The molecule has 1 N–H and O–H groups in total. The SMILES string of the molecule is CC(C)(C)OC(=O)c1nc(N2CCc3cccc(C(=O)Nc4nc5ccccc5s4)c3C2)ccc1-c1cccc(Oc2ccccc2)c1. The van der Waals surface area contributed by atoms with E-state index in [-0.39, 0.29) is 11.6 Å². The molecule has 0 unspecified atom stereocenters. The molecule has 2 aromatic heterocycles. The number of esters is 1. The number of thiazole rings is 1. The van der Waals surface area contributed by atoms with Gasteiger partial charge in [0.25, 0.3) is 5.91 Å². The number of benzene rings is 4. The summed E-state index contributed by atoms with van der Waals surface area (Å²) < 4.78 is 12.9. The number of amides is 1. The minimum Gasteiger partial charge on any atom is -0.457 e. The Morgan fingerprint density at radius 3 is 2.42 bits per heavy atom. The van der Waals surface area contributed by atoms with Crippen LogP contribution < -0.4 is 15.0 Å². The lowest BCUT2D eigenvalue weighted by molar-refractivity contribution is 0.00638. The highest BCUT2D eigenvalue weighted by Gasteiger charge is 2.27. The molecule has 0 bridgehead atoms. The molecule has 0 spiro atoms. The predicted octanol–water partition coefficient (Wildman–Crippen LogP) is 8.92. The van der Waals surface area contributed by atoms with Crippen LogP contribution in [0.1, 0.15) is 52.7 Å². The minimum absolute atomic E-state index is 0.205. The third-order valence-electron chi connectivity index (χ3n) is 7.95. The van der Waals surface area contributed by atoms with Crippen LogP contribution in [0.2, 0.25) is 0 Å². The topological polar surface area (TPSA) is 93.7 Å². The quantitative estimate of drug-likeness (QED) is 0.172. The van der Waals surface area contributed by atoms with Crippen molar-refractivity contribution in [1.29, 1.82) is 0 Å². The van der Waals surface area contributed by atoms with Crippen LogP contribution in [0, 0.1) is 0 Å². The summed E-state index contributed by atoms with van der Waals surface area (Å²) in [5.41, 5.74) is 4.41. The van der Waals surface area contributed by atoms with Crippen LogP contribution in [0.25, 0.3) is 21.3 Å². The molecular formula is C39H34N4O4S. The van der Waals surface area contributed by atoms with E-state index in [1.165, 1.54) is 11.3 Å². The number of carbonyl (C=O) groups is 2. The van der Waals surface area contributed by atoms with Crippen molar-refractivity contribution in [2.24, 2.45) is 0 Å². The summed E-state index contributed by atoms with van der Waals surface area (Å²) in [6, 6.07) is 34.6. The van der Waals surface area contributed by atoms with Crippen LogP contribution in [-0.2, 0) is 17.7 Å². The van der Waals surface area contributed by atoms with Crippen LogP contribution >= 0.6 is 11.3 Å². The fraction of sp³-hybridized carbons (Fsp3) is 0.179. The molecule has 0 aliphatic carbocycles. The highest BCUT2D eigenvalue weighted by atomic mass is 32.1. The fourth-order valence-corrected chi connectivity index (χ4v) is 6.63. The zero-order chi connectivity index (χ0) is 33.3. The number of para-hydroxylation sites is 2. The molecule has 3 heterocycles. The molecule has 1 aliphatic rings. The first-order valence-electron chi connectivity index (χ1n) is 15.8.